The minimum atomic E-state index is 0.738. The number of thioether (sulfide) groups is 1. The van der Waals surface area contributed by atoms with Crippen LogP contribution in [0, 0.1) is 0 Å². The van der Waals surface area contributed by atoms with E-state index in [1.54, 1.807) is 28.7 Å². The molecule has 0 atom stereocenters. The first-order chi connectivity index (χ1) is 12.4. The molecule has 0 aliphatic rings. The summed E-state index contributed by atoms with van der Waals surface area (Å²) in [5.74, 6) is 0.800. The van der Waals surface area contributed by atoms with Crippen LogP contribution in [-0.2, 0) is 0 Å². The summed E-state index contributed by atoms with van der Waals surface area (Å²) in [6.07, 6.45) is 7.77. The van der Waals surface area contributed by atoms with Crippen LogP contribution in [0.5, 0.6) is 0 Å². The molecule has 0 unspecified atom stereocenters. The van der Waals surface area contributed by atoms with Crippen LogP contribution in [-0.4, -0.2) is 30.5 Å². The third-order valence-electron chi connectivity index (χ3n) is 3.61. The van der Waals surface area contributed by atoms with Crippen molar-refractivity contribution in [2.75, 3.05) is 5.75 Å². The Kier molecular flexibility index (Phi) is 4.52. The molecule has 0 aliphatic heterocycles. The number of hydrogen-bond acceptors (Lipinski definition) is 5. The molecule has 25 heavy (non-hydrogen) atoms. The van der Waals surface area contributed by atoms with Crippen LogP contribution >= 0.6 is 11.8 Å². The maximum atomic E-state index is 4.65. The van der Waals surface area contributed by atoms with Gasteiger partial charge in [0.25, 0.3) is 0 Å². The Balaban J connectivity index is 1.53. The van der Waals surface area contributed by atoms with Crippen molar-refractivity contribution >= 4 is 23.5 Å². The van der Waals surface area contributed by atoms with E-state index in [1.807, 2.05) is 42.5 Å². The van der Waals surface area contributed by atoms with Gasteiger partial charge >= 0.3 is 0 Å². The maximum absolute atomic E-state index is 4.65. The molecule has 4 aromatic rings. The lowest BCUT2D eigenvalue weighted by Crippen LogP contribution is -1.96. The van der Waals surface area contributed by atoms with E-state index in [2.05, 4.69) is 44.6 Å². The lowest BCUT2D eigenvalue weighted by molar-refractivity contribution is 0.813. The van der Waals surface area contributed by atoms with Crippen molar-refractivity contribution in [3.05, 3.63) is 78.6 Å². The normalized spacial score (nSPS) is 11.4. The molecule has 1 aromatic carbocycles. The van der Waals surface area contributed by atoms with E-state index in [0.717, 1.165) is 27.8 Å². The second-order valence-electron chi connectivity index (χ2n) is 5.34. The van der Waals surface area contributed by atoms with E-state index in [1.165, 1.54) is 5.56 Å². The van der Waals surface area contributed by atoms with Crippen LogP contribution in [0.25, 0.3) is 23.0 Å². The number of benzene rings is 1. The van der Waals surface area contributed by atoms with Crippen molar-refractivity contribution < 1.29 is 0 Å². The number of aromatic nitrogens is 5. The van der Waals surface area contributed by atoms with Crippen molar-refractivity contribution in [1.29, 1.82) is 0 Å². The molecule has 0 radical (unpaired) electrons. The van der Waals surface area contributed by atoms with Gasteiger partial charge in [0.2, 0.25) is 5.16 Å². The van der Waals surface area contributed by atoms with E-state index in [0.29, 0.717) is 0 Å². The molecule has 0 saturated heterocycles. The molecule has 3 heterocycles. The molecule has 0 fully saturated rings. The van der Waals surface area contributed by atoms with E-state index < -0.39 is 0 Å². The highest BCUT2D eigenvalue weighted by Gasteiger charge is 2.08. The minimum absolute atomic E-state index is 0.738. The summed E-state index contributed by atoms with van der Waals surface area (Å²) in [6.45, 7) is 0. The van der Waals surface area contributed by atoms with Gasteiger partial charge in [-0.2, -0.15) is 9.61 Å². The number of rotatable bonds is 5. The van der Waals surface area contributed by atoms with Crippen molar-refractivity contribution in [2.24, 2.45) is 0 Å². The smallest absolute Gasteiger partial charge is 0.212 e. The van der Waals surface area contributed by atoms with Crippen LogP contribution in [0.2, 0.25) is 0 Å². The summed E-state index contributed by atoms with van der Waals surface area (Å²) >= 11 is 1.60. The van der Waals surface area contributed by atoms with Crippen molar-refractivity contribution in [3.8, 4) is 11.3 Å². The number of pyridine rings is 1. The monoisotopic (exact) mass is 345 g/mol. The van der Waals surface area contributed by atoms with E-state index >= 15 is 0 Å². The Morgan fingerprint density at radius 2 is 1.88 bits per heavy atom. The zero-order valence-electron chi connectivity index (χ0n) is 13.4. The van der Waals surface area contributed by atoms with Gasteiger partial charge in [0, 0.05) is 23.7 Å². The number of hydrogen-bond donors (Lipinski definition) is 0. The first-order valence-corrected chi connectivity index (χ1v) is 8.86. The Morgan fingerprint density at radius 3 is 2.72 bits per heavy atom. The minimum Gasteiger partial charge on any atom is -0.264 e. The molecule has 0 N–H and O–H groups in total. The van der Waals surface area contributed by atoms with Crippen LogP contribution in [0.4, 0.5) is 0 Å². The van der Waals surface area contributed by atoms with Gasteiger partial charge in [-0.25, -0.2) is 0 Å². The first kappa shape index (κ1) is 15.5. The van der Waals surface area contributed by atoms with Crippen LogP contribution in [0.3, 0.4) is 0 Å². The summed E-state index contributed by atoms with van der Waals surface area (Å²) in [5, 5.41) is 13.8. The molecule has 4 rings (SSSR count). The Labute approximate surface area is 149 Å². The predicted octanol–water partition coefficient (Wildman–Crippen LogP) is 3.99. The average molecular weight is 345 g/mol. The zero-order valence-corrected chi connectivity index (χ0v) is 14.2. The van der Waals surface area contributed by atoms with Crippen molar-refractivity contribution in [2.45, 2.75) is 5.16 Å². The van der Waals surface area contributed by atoms with Crippen LogP contribution < -0.4 is 0 Å². The summed E-state index contributed by atoms with van der Waals surface area (Å²) in [6, 6.07) is 18.0. The molecule has 3 aromatic heterocycles. The number of fused-ring (bicyclic) bond motifs is 1. The van der Waals surface area contributed by atoms with E-state index in [4.69, 9.17) is 0 Å². The molecule has 0 spiro atoms. The fraction of sp³-hybridized carbons (Fsp3) is 0.0526. The lowest BCUT2D eigenvalue weighted by Gasteiger charge is -2.02. The van der Waals surface area contributed by atoms with Gasteiger partial charge in [0.05, 0.1) is 5.69 Å². The molecule has 0 saturated carbocycles. The Hall–Kier alpha value is -2.99. The van der Waals surface area contributed by atoms with Gasteiger partial charge in [0.15, 0.2) is 5.65 Å². The molecule has 6 heteroatoms. The van der Waals surface area contributed by atoms with Gasteiger partial charge in [0.1, 0.15) is 0 Å². The van der Waals surface area contributed by atoms with Gasteiger partial charge in [-0.3, -0.25) is 4.98 Å². The van der Waals surface area contributed by atoms with Crippen LogP contribution in [0.15, 0.2) is 78.2 Å². The first-order valence-electron chi connectivity index (χ1n) is 7.87. The number of nitrogens with zero attached hydrogens (tertiary/aromatic N) is 5. The third-order valence-corrected chi connectivity index (χ3v) is 4.48. The largest absolute Gasteiger partial charge is 0.264 e. The highest BCUT2D eigenvalue weighted by molar-refractivity contribution is 7.99. The van der Waals surface area contributed by atoms with Crippen molar-refractivity contribution in [1.82, 2.24) is 24.8 Å². The van der Waals surface area contributed by atoms with Crippen LogP contribution in [0.1, 0.15) is 5.56 Å². The molecular weight excluding hydrogens is 330 g/mol. The molecule has 0 bridgehead atoms. The Morgan fingerprint density at radius 1 is 0.960 bits per heavy atom. The quantitative estimate of drug-likeness (QED) is 0.512. The standard InChI is InChI=1S/C19H15N5S/c1-2-6-15(7-3-1)8-5-13-25-19-22-21-18-11-10-17(23-24(18)19)16-9-4-12-20-14-16/h1-12,14H,13H2/b8-5+. The topological polar surface area (TPSA) is 56.0 Å². The predicted molar refractivity (Wildman–Crippen MR) is 100 cm³/mol. The molecule has 122 valence electrons. The SMILES string of the molecule is C(=C\c1ccccc1)/CSc1nnc2ccc(-c3cccnc3)nn12. The fourth-order valence-electron chi connectivity index (χ4n) is 2.40. The fourth-order valence-corrected chi connectivity index (χ4v) is 3.10. The van der Waals surface area contributed by atoms with Crippen molar-refractivity contribution in [3.63, 3.8) is 0 Å². The maximum Gasteiger partial charge on any atom is 0.212 e. The highest BCUT2D eigenvalue weighted by Crippen LogP contribution is 2.20. The average Bonchev–Trinajstić information content (AvgIpc) is 3.09. The molecule has 5 nitrogen and oxygen atoms in total. The van der Waals surface area contributed by atoms with E-state index in [9.17, 15) is 0 Å². The van der Waals surface area contributed by atoms with E-state index in [-0.39, 0.29) is 0 Å². The highest BCUT2D eigenvalue weighted by atomic mass is 32.2. The lowest BCUT2D eigenvalue weighted by atomic mass is 10.2. The van der Waals surface area contributed by atoms with Gasteiger partial charge in [-0.1, -0.05) is 54.2 Å². The van der Waals surface area contributed by atoms with Gasteiger partial charge in [-0.05, 0) is 29.8 Å². The molecule has 0 aliphatic carbocycles. The summed E-state index contributed by atoms with van der Waals surface area (Å²) in [7, 11) is 0. The molecule has 0 amide bonds. The third kappa shape index (κ3) is 3.59. The second kappa shape index (κ2) is 7.27. The zero-order chi connectivity index (χ0) is 16.9. The van der Waals surface area contributed by atoms with Gasteiger partial charge in [-0.15, -0.1) is 10.2 Å². The van der Waals surface area contributed by atoms with Gasteiger partial charge < -0.3 is 0 Å². The Bertz CT molecular complexity index is 996. The summed E-state index contributed by atoms with van der Waals surface area (Å²) in [5.41, 5.74) is 3.74. The second-order valence-corrected chi connectivity index (χ2v) is 6.32. The summed E-state index contributed by atoms with van der Waals surface area (Å²) < 4.78 is 1.78. The molecular formula is C19H15N5S. The summed E-state index contributed by atoms with van der Waals surface area (Å²) in [4.78, 5) is 4.15.